The lowest BCUT2D eigenvalue weighted by Gasteiger charge is -2.14. The van der Waals surface area contributed by atoms with Crippen molar-refractivity contribution in [1.29, 1.82) is 0 Å². The number of aromatic nitrogens is 1. The van der Waals surface area contributed by atoms with Gasteiger partial charge in [-0.05, 0) is 35.4 Å². The number of aliphatic hydroxyl groups excluding tert-OH is 1. The molecule has 0 fully saturated rings. The van der Waals surface area contributed by atoms with Crippen molar-refractivity contribution in [3.8, 4) is 11.3 Å². The Bertz CT molecular complexity index is 1220. The molecule has 4 rings (SSSR count). The number of hydrogen-bond donors (Lipinski definition) is 2. The van der Waals surface area contributed by atoms with E-state index in [9.17, 15) is 20.0 Å². The molecule has 156 valence electrons. The minimum Gasteiger partial charge on any atom is -0.387 e. The quantitative estimate of drug-likeness (QED) is 0.351. The molecular formula is C24H21N3O4. The molecular weight excluding hydrogens is 394 g/mol. The molecule has 0 radical (unpaired) electrons. The summed E-state index contributed by atoms with van der Waals surface area (Å²) in [7, 11) is 0. The fourth-order valence-corrected chi connectivity index (χ4v) is 3.57. The van der Waals surface area contributed by atoms with Crippen molar-refractivity contribution in [3.63, 3.8) is 0 Å². The Labute approximate surface area is 178 Å². The zero-order chi connectivity index (χ0) is 21.8. The molecule has 0 saturated heterocycles. The third-order valence-corrected chi connectivity index (χ3v) is 5.16. The van der Waals surface area contributed by atoms with Gasteiger partial charge in [-0.15, -0.1) is 0 Å². The third-order valence-electron chi connectivity index (χ3n) is 5.16. The van der Waals surface area contributed by atoms with Gasteiger partial charge in [0.1, 0.15) is 6.54 Å². The number of non-ortho nitro benzene ring substituents is 1. The van der Waals surface area contributed by atoms with Gasteiger partial charge in [0.2, 0.25) is 5.91 Å². The number of nitro benzene ring substituents is 1. The van der Waals surface area contributed by atoms with E-state index in [1.807, 2.05) is 59.2 Å². The highest BCUT2D eigenvalue weighted by molar-refractivity contribution is 5.89. The first-order chi connectivity index (χ1) is 15.0. The summed E-state index contributed by atoms with van der Waals surface area (Å²) >= 11 is 0. The molecule has 1 amide bonds. The summed E-state index contributed by atoms with van der Waals surface area (Å²) in [5.41, 5.74) is 3.35. The molecule has 1 unspecified atom stereocenters. The maximum absolute atomic E-state index is 12.7. The van der Waals surface area contributed by atoms with Gasteiger partial charge in [0.05, 0.1) is 11.0 Å². The molecule has 0 aliphatic rings. The molecule has 2 N–H and O–H groups in total. The van der Waals surface area contributed by atoms with Crippen LogP contribution in [-0.4, -0.2) is 27.0 Å². The highest BCUT2D eigenvalue weighted by Gasteiger charge is 2.15. The van der Waals surface area contributed by atoms with Crippen molar-refractivity contribution in [1.82, 2.24) is 9.88 Å². The number of fused-ring (bicyclic) bond motifs is 1. The van der Waals surface area contributed by atoms with Crippen LogP contribution in [0.3, 0.4) is 0 Å². The molecule has 1 aromatic heterocycles. The Hall–Kier alpha value is -3.97. The number of benzene rings is 3. The maximum Gasteiger partial charge on any atom is 0.269 e. The zero-order valence-corrected chi connectivity index (χ0v) is 16.6. The maximum atomic E-state index is 12.7. The molecule has 1 atom stereocenters. The molecule has 0 aliphatic carbocycles. The van der Waals surface area contributed by atoms with Crippen LogP contribution < -0.4 is 5.32 Å². The van der Waals surface area contributed by atoms with E-state index in [0.717, 1.165) is 22.2 Å². The van der Waals surface area contributed by atoms with Crippen LogP contribution in [0.4, 0.5) is 5.69 Å². The molecule has 7 nitrogen and oxygen atoms in total. The van der Waals surface area contributed by atoms with E-state index < -0.39 is 11.0 Å². The number of aliphatic hydroxyl groups is 1. The second-order valence-electron chi connectivity index (χ2n) is 7.21. The van der Waals surface area contributed by atoms with E-state index in [1.165, 1.54) is 24.3 Å². The predicted molar refractivity (Wildman–Crippen MR) is 118 cm³/mol. The molecule has 0 saturated carbocycles. The lowest BCUT2D eigenvalue weighted by atomic mass is 10.1. The van der Waals surface area contributed by atoms with Crippen molar-refractivity contribution in [2.24, 2.45) is 0 Å². The van der Waals surface area contributed by atoms with E-state index in [-0.39, 0.29) is 24.7 Å². The number of para-hydroxylation sites is 1. The summed E-state index contributed by atoms with van der Waals surface area (Å²) in [6.07, 6.45) is -0.959. The van der Waals surface area contributed by atoms with Gasteiger partial charge in [-0.2, -0.15) is 0 Å². The van der Waals surface area contributed by atoms with Crippen LogP contribution in [-0.2, 0) is 11.3 Å². The Kier molecular flexibility index (Phi) is 5.77. The molecule has 4 aromatic rings. The summed E-state index contributed by atoms with van der Waals surface area (Å²) < 4.78 is 1.96. The normalized spacial score (nSPS) is 11.9. The van der Waals surface area contributed by atoms with Gasteiger partial charge in [0, 0.05) is 35.3 Å². The van der Waals surface area contributed by atoms with Crippen molar-refractivity contribution in [2.75, 3.05) is 6.54 Å². The summed E-state index contributed by atoms with van der Waals surface area (Å²) in [6.45, 7) is 0.112. The Morgan fingerprint density at radius 3 is 2.39 bits per heavy atom. The van der Waals surface area contributed by atoms with Gasteiger partial charge >= 0.3 is 0 Å². The smallest absolute Gasteiger partial charge is 0.269 e. The van der Waals surface area contributed by atoms with E-state index >= 15 is 0 Å². The number of nitro groups is 1. The average Bonchev–Trinajstić information content (AvgIpc) is 3.16. The second kappa shape index (κ2) is 8.81. The van der Waals surface area contributed by atoms with E-state index in [0.29, 0.717) is 5.56 Å². The van der Waals surface area contributed by atoms with E-state index in [2.05, 4.69) is 11.4 Å². The Morgan fingerprint density at radius 1 is 1.00 bits per heavy atom. The number of hydrogen-bond acceptors (Lipinski definition) is 4. The van der Waals surface area contributed by atoms with Crippen LogP contribution in [0.5, 0.6) is 0 Å². The molecule has 7 heteroatoms. The number of nitrogens with zero attached hydrogens (tertiary/aromatic N) is 2. The fourth-order valence-electron chi connectivity index (χ4n) is 3.57. The van der Waals surface area contributed by atoms with Crippen LogP contribution in [0.25, 0.3) is 22.2 Å². The van der Waals surface area contributed by atoms with Crippen molar-refractivity contribution < 1.29 is 14.8 Å². The summed E-state index contributed by atoms with van der Waals surface area (Å²) in [5, 5.41) is 24.9. The largest absolute Gasteiger partial charge is 0.387 e. The monoisotopic (exact) mass is 415 g/mol. The van der Waals surface area contributed by atoms with Crippen molar-refractivity contribution in [2.45, 2.75) is 12.6 Å². The fraction of sp³-hybridized carbons (Fsp3) is 0.125. The van der Waals surface area contributed by atoms with Crippen LogP contribution in [0.1, 0.15) is 11.7 Å². The van der Waals surface area contributed by atoms with E-state index in [4.69, 9.17) is 0 Å². The summed E-state index contributed by atoms with van der Waals surface area (Å²) in [4.78, 5) is 22.9. The van der Waals surface area contributed by atoms with Gasteiger partial charge in [-0.3, -0.25) is 14.9 Å². The number of carbonyl (C=O) groups excluding carboxylic acids is 1. The topological polar surface area (TPSA) is 97.4 Å². The third kappa shape index (κ3) is 4.46. The number of amides is 1. The highest BCUT2D eigenvalue weighted by Crippen LogP contribution is 2.28. The number of nitrogens with one attached hydrogen (secondary N) is 1. The summed E-state index contributed by atoms with van der Waals surface area (Å²) in [5.74, 6) is -0.237. The highest BCUT2D eigenvalue weighted by atomic mass is 16.6. The Morgan fingerprint density at radius 2 is 1.68 bits per heavy atom. The SMILES string of the molecule is O=C(Cn1c(-c2ccccc2)cc2ccccc21)NCC(O)c1ccc([N+](=O)[O-])cc1. The van der Waals surface area contributed by atoms with Gasteiger partial charge in [-0.1, -0.05) is 48.5 Å². The first kappa shape index (κ1) is 20.3. The second-order valence-corrected chi connectivity index (χ2v) is 7.21. The average molecular weight is 415 g/mol. The first-order valence-electron chi connectivity index (χ1n) is 9.86. The summed E-state index contributed by atoms with van der Waals surface area (Å²) in [6, 6.07) is 25.4. The molecule has 3 aromatic carbocycles. The number of carbonyl (C=O) groups is 1. The standard InChI is InChI=1S/C24H21N3O4/c28-23(18-10-12-20(13-11-18)27(30)31)15-25-24(29)16-26-21-9-5-4-8-19(21)14-22(26)17-6-2-1-3-7-17/h1-14,23,28H,15-16H2,(H,25,29). The predicted octanol–water partition coefficient (Wildman–Crippen LogP) is 4.07. The van der Waals surface area contributed by atoms with Crippen LogP contribution in [0.2, 0.25) is 0 Å². The minimum atomic E-state index is -0.959. The molecule has 1 heterocycles. The first-order valence-corrected chi connectivity index (χ1v) is 9.86. The van der Waals surface area contributed by atoms with Crippen molar-refractivity contribution in [3.05, 3.63) is 101 Å². The van der Waals surface area contributed by atoms with Gasteiger partial charge in [0.25, 0.3) is 5.69 Å². The van der Waals surface area contributed by atoms with Crippen molar-refractivity contribution >= 4 is 22.5 Å². The van der Waals surface area contributed by atoms with Gasteiger partial charge in [-0.25, -0.2) is 0 Å². The lowest BCUT2D eigenvalue weighted by molar-refractivity contribution is -0.384. The van der Waals surface area contributed by atoms with Gasteiger partial charge in [0.15, 0.2) is 0 Å². The van der Waals surface area contributed by atoms with Crippen LogP contribution >= 0.6 is 0 Å². The molecule has 0 spiro atoms. The lowest BCUT2D eigenvalue weighted by Crippen LogP contribution is -2.31. The zero-order valence-electron chi connectivity index (χ0n) is 16.6. The molecule has 31 heavy (non-hydrogen) atoms. The Balaban J connectivity index is 1.49. The van der Waals surface area contributed by atoms with Crippen LogP contribution in [0.15, 0.2) is 84.9 Å². The number of rotatable bonds is 7. The van der Waals surface area contributed by atoms with E-state index in [1.54, 1.807) is 0 Å². The van der Waals surface area contributed by atoms with Crippen LogP contribution in [0, 0.1) is 10.1 Å². The van der Waals surface area contributed by atoms with Gasteiger partial charge < -0.3 is 15.0 Å². The molecule has 0 bridgehead atoms. The minimum absolute atomic E-state index is 0.0104. The molecule has 0 aliphatic heterocycles.